The molecule has 3 rings (SSSR count). The van der Waals surface area contributed by atoms with Gasteiger partial charge in [0.1, 0.15) is 12.4 Å². The molecule has 2 aromatic rings. The Morgan fingerprint density at radius 3 is 2.62 bits per heavy atom. The van der Waals surface area contributed by atoms with Crippen LogP contribution < -0.4 is 15.4 Å². The Hall–Kier alpha value is -2.12. The minimum atomic E-state index is 0.609. The molecule has 7 heteroatoms. The van der Waals surface area contributed by atoms with E-state index in [1.807, 2.05) is 19.2 Å². The van der Waals surface area contributed by atoms with Gasteiger partial charge < -0.3 is 15.4 Å². The van der Waals surface area contributed by atoms with Gasteiger partial charge in [-0.25, -0.2) is 4.98 Å². The molecule has 6 nitrogen and oxygen atoms in total. The van der Waals surface area contributed by atoms with Gasteiger partial charge in [-0.3, -0.25) is 9.89 Å². The van der Waals surface area contributed by atoms with E-state index in [1.54, 1.807) is 11.3 Å². The van der Waals surface area contributed by atoms with Crippen LogP contribution in [-0.2, 0) is 6.54 Å². The molecule has 0 saturated carbocycles. The van der Waals surface area contributed by atoms with Gasteiger partial charge in [0, 0.05) is 25.5 Å². The van der Waals surface area contributed by atoms with Gasteiger partial charge in [-0.15, -0.1) is 11.3 Å². The van der Waals surface area contributed by atoms with Crippen molar-refractivity contribution >= 4 is 17.3 Å². The highest BCUT2D eigenvalue weighted by Gasteiger charge is 2.20. The normalized spacial score (nSPS) is 16.0. The number of benzene rings is 1. The lowest BCUT2D eigenvalue weighted by Crippen LogP contribution is -2.43. The largest absolute Gasteiger partial charge is 0.492 e. The Balaban J connectivity index is 1.29. The lowest BCUT2D eigenvalue weighted by atomic mass is 9.97. The number of aliphatic imine (C=N–C) groups is 1. The number of guanidine groups is 1. The number of nitrogens with one attached hydrogen (secondary N) is 2. The predicted octanol–water partition coefficient (Wildman–Crippen LogP) is 3.22. The number of aromatic nitrogens is 1. The zero-order chi connectivity index (χ0) is 20.5. The average molecular weight is 416 g/mol. The maximum atomic E-state index is 5.76. The Morgan fingerprint density at radius 2 is 1.97 bits per heavy atom. The fourth-order valence-electron chi connectivity index (χ4n) is 3.49. The van der Waals surface area contributed by atoms with E-state index in [4.69, 9.17) is 4.74 Å². The van der Waals surface area contributed by atoms with Crippen LogP contribution >= 0.6 is 11.3 Å². The molecule has 0 unspecified atom stereocenters. The van der Waals surface area contributed by atoms with Crippen LogP contribution in [0.2, 0.25) is 0 Å². The molecule has 0 atom stereocenters. The van der Waals surface area contributed by atoms with Crippen molar-refractivity contribution in [3.05, 3.63) is 45.9 Å². The lowest BCUT2D eigenvalue weighted by Gasteiger charge is -2.31. The van der Waals surface area contributed by atoms with Gasteiger partial charge >= 0.3 is 0 Å². The van der Waals surface area contributed by atoms with Gasteiger partial charge in [0.15, 0.2) is 5.96 Å². The van der Waals surface area contributed by atoms with E-state index in [0.29, 0.717) is 12.5 Å². The van der Waals surface area contributed by atoms with E-state index in [9.17, 15) is 0 Å². The van der Waals surface area contributed by atoms with Gasteiger partial charge in [-0.1, -0.05) is 17.7 Å². The first-order chi connectivity index (χ1) is 14.1. The molecular formula is C22H33N5OS. The van der Waals surface area contributed by atoms with Crippen molar-refractivity contribution in [1.82, 2.24) is 20.5 Å². The molecule has 2 N–H and O–H groups in total. The number of rotatable bonds is 8. The maximum Gasteiger partial charge on any atom is 0.191 e. The molecule has 0 amide bonds. The third-order valence-corrected chi connectivity index (χ3v) is 6.05. The van der Waals surface area contributed by atoms with Crippen molar-refractivity contribution in [1.29, 1.82) is 0 Å². The van der Waals surface area contributed by atoms with E-state index in [2.05, 4.69) is 56.9 Å². The number of aryl methyl sites for hydroxylation is 2. The van der Waals surface area contributed by atoms with Crippen LogP contribution in [0.25, 0.3) is 0 Å². The van der Waals surface area contributed by atoms with Crippen LogP contribution in [-0.4, -0.2) is 55.7 Å². The molecule has 0 spiro atoms. The second kappa shape index (κ2) is 11.2. The second-order valence-corrected chi connectivity index (χ2v) is 8.68. The van der Waals surface area contributed by atoms with Crippen molar-refractivity contribution in [2.24, 2.45) is 10.9 Å². The molecular weight excluding hydrogens is 382 g/mol. The zero-order valence-corrected chi connectivity index (χ0v) is 18.6. The summed E-state index contributed by atoms with van der Waals surface area (Å²) in [5.74, 6) is 2.43. The summed E-state index contributed by atoms with van der Waals surface area (Å²) in [4.78, 5) is 11.4. The fourth-order valence-corrected chi connectivity index (χ4v) is 4.10. The fraction of sp³-hybridized carbons (Fsp3) is 0.545. The highest BCUT2D eigenvalue weighted by atomic mass is 32.1. The molecule has 1 aromatic heterocycles. The number of nitrogens with zero attached hydrogens (tertiary/aromatic N) is 3. The molecule has 158 valence electrons. The molecule has 1 saturated heterocycles. The van der Waals surface area contributed by atoms with Crippen LogP contribution in [0.15, 0.2) is 34.6 Å². The number of thiazole rings is 1. The molecule has 0 bridgehead atoms. The van der Waals surface area contributed by atoms with E-state index >= 15 is 0 Å². The summed E-state index contributed by atoms with van der Waals surface area (Å²) in [6.07, 6.45) is 2.42. The van der Waals surface area contributed by atoms with Crippen molar-refractivity contribution in [2.75, 3.05) is 39.8 Å². The van der Waals surface area contributed by atoms with E-state index in [-0.39, 0.29) is 0 Å². The molecule has 1 aliphatic rings. The molecule has 2 heterocycles. The van der Waals surface area contributed by atoms with Gasteiger partial charge in [-0.2, -0.15) is 0 Å². The maximum absolute atomic E-state index is 5.76. The Morgan fingerprint density at radius 1 is 1.21 bits per heavy atom. The average Bonchev–Trinajstić information content (AvgIpc) is 3.14. The zero-order valence-electron chi connectivity index (χ0n) is 17.8. The molecule has 0 aliphatic carbocycles. The number of hydrogen-bond donors (Lipinski definition) is 2. The minimum absolute atomic E-state index is 0.609. The quantitative estimate of drug-likeness (QED) is 0.394. The predicted molar refractivity (Wildman–Crippen MR) is 121 cm³/mol. The summed E-state index contributed by atoms with van der Waals surface area (Å²) in [6, 6.07) is 8.13. The smallest absolute Gasteiger partial charge is 0.191 e. The van der Waals surface area contributed by atoms with Crippen LogP contribution in [0, 0.1) is 19.8 Å². The van der Waals surface area contributed by atoms with Gasteiger partial charge in [0.25, 0.3) is 0 Å². The second-order valence-electron chi connectivity index (χ2n) is 7.62. The third-order valence-electron chi connectivity index (χ3n) is 5.23. The summed E-state index contributed by atoms with van der Waals surface area (Å²) in [5, 5.41) is 10.1. The van der Waals surface area contributed by atoms with Crippen LogP contribution in [0.5, 0.6) is 5.75 Å². The summed E-state index contributed by atoms with van der Waals surface area (Å²) in [5.41, 5.74) is 2.45. The first-order valence-electron chi connectivity index (χ1n) is 10.4. The van der Waals surface area contributed by atoms with Crippen LogP contribution in [0.3, 0.4) is 0 Å². The molecule has 1 aliphatic heterocycles. The van der Waals surface area contributed by atoms with Gasteiger partial charge in [-0.05, 0) is 57.8 Å². The molecule has 0 radical (unpaired) electrons. The topological polar surface area (TPSA) is 61.8 Å². The Kier molecular flexibility index (Phi) is 8.31. The number of likely N-dealkylation sites (tertiary alicyclic amines) is 1. The van der Waals surface area contributed by atoms with Gasteiger partial charge in [0.05, 0.1) is 17.2 Å². The SMILES string of the molecule is CN=C(NCCOc1ccc(C)cc1)NCC1CCN(Cc2csc(C)n2)CC1. The summed E-state index contributed by atoms with van der Waals surface area (Å²) >= 11 is 1.74. The Labute approximate surface area is 178 Å². The Bertz CT molecular complexity index is 766. The minimum Gasteiger partial charge on any atom is -0.492 e. The summed E-state index contributed by atoms with van der Waals surface area (Å²) in [6.45, 7) is 9.70. The highest BCUT2D eigenvalue weighted by Crippen LogP contribution is 2.19. The lowest BCUT2D eigenvalue weighted by molar-refractivity contribution is 0.176. The monoisotopic (exact) mass is 415 g/mol. The first-order valence-corrected chi connectivity index (χ1v) is 11.3. The first kappa shape index (κ1) is 21.6. The molecule has 1 aromatic carbocycles. The van der Waals surface area contributed by atoms with E-state index in [1.165, 1.54) is 24.1 Å². The van der Waals surface area contributed by atoms with Crippen molar-refractivity contribution in [2.45, 2.75) is 33.2 Å². The van der Waals surface area contributed by atoms with E-state index < -0.39 is 0 Å². The van der Waals surface area contributed by atoms with Crippen LogP contribution in [0.1, 0.15) is 29.1 Å². The van der Waals surface area contributed by atoms with Crippen molar-refractivity contribution in [3.8, 4) is 5.75 Å². The number of hydrogen-bond acceptors (Lipinski definition) is 5. The molecule has 1 fully saturated rings. The van der Waals surface area contributed by atoms with Gasteiger partial charge in [0.2, 0.25) is 0 Å². The highest BCUT2D eigenvalue weighted by molar-refractivity contribution is 7.09. The van der Waals surface area contributed by atoms with Crippen molar-refractivity contribution in [3.63, 3.8) is 0 Å². The summed E-state index contributed by atoms with van der Waals surface area (Å²) < 4.78 is 5.76. The van der Waals surface area contributed by atoms with Crippen molar-refractivity contribution < 1.29 is 4.74 Å². The molecule has 29 heavy (non-hydrogen) atoms. The summed E-state index contributed by atoms with van der Waals surface area (Å²) in [7, 11) is 1.81. The van der Waals surface area contributed by atoms with Crippen LogP contribution in [0.4, 0.5) is 0 Å². The van der Waals surface area contributed by atoms with E-state index in [0.717, 1.165) is 49.4 Å². The third kappa shape index (κ3) is 7.33. The number of ether oxygens (including phenoxy) is 1. The standard InChI is InChI=1S/C22H33N5OS/c1-17-4-6-21(7-5-17)28-13-10-24-22(23-3)25-14-19-8-11-27(12-9-19)15-20-16-29-18(2)26-20/h4-7,16,19H,8-15H2,1-3H3,(H2,23,24,25). The number of piperidine rings is 1.